The number of nitrogens with one attached hydrogen (secondary N) is 2. The summed E-state index contributed by atoms with van der Waals surface area (Å²) in [4.78, 5) is 29.1. The van der Waals surface area contributed by atoms with Gasteiger partial charge in [-0.25, -0.2) is 14.6 Å². The summed E-state index contributed by atoms with van der Waals surface area (Å²) in [6.45, 7) is 8.24. The van der Waals surface area contributed by atoms with E-state index in [1.807, 2.05) is 27.7 Å². The third-order valence-corrected chi connectivity index (χ3v) is 3.21. The number of urea groups is 1. The first kappa shape index (κ1) is 20.0. The lowest BCUT2D eigenvalue weighted by Gasteiger charge is -2.26. The number of amides is 3. The minimum absolute atomic E-state index is 0.0534. The molecule has 0 fully saturated rings. The van der Waals surface area contributed by atoms with Crippen LogP contribution in [0.1, 0.15) is 27.7 Å². The lowest BCUT2D eigenvalue weighted by atomic mass is 10.1. The van der Waals surface area contributed by atoms with E-state index in [4.69, 9.17) is 16.3 Å². The molecule has 0 saturated heterocycles. The smallest absolute Gasteiger partial charge is 0.410 e. The van der Waals surface area contributed by atoms with Crippen molar-refractivity contribution in [3.8, 4) is 0 Å². The van der Waals surface area contributed by atoms with Crippen LogP contribution in [0.3, 0.4) is 0 Å². The van der Waals surface area contributed by atoms with Crippen molar-refractivity contribution < 1.29 is 14.3 Å². The van der Waals surface area contributed by atoms with Gasteiger partial charge in [0, 0.05) is 26.3 Å². The molecule has 0 aliphatic heterocycles. The molecule has 0 aliphatic carbocycles. The normalized spacial score (nSPS) is 12.2. The highest BCUT2D eigenvalue weighted by atomic mass is 35.5. The predicted molar refractivity (Wildman–Crippen MR) is 94.3 cm³/mol. The first-order valence-electron chi connectivity index (χ1n) is 7.68. The number of hydrogen-bond donors (Lipinski definition) is 2. The largest absolute Gasteiger partial charge is 0.444 e. The molecule has 134 valence electrons. The Morgan fingerprint density at radius 1 is 1.42 bits per heavy atom. The van der Waals surface area contributed by atoms with Crippen molar-refractivity contribution in [2.75, 3.05) is 25.5 Å². The fourth-order valence-electron chi connectivity index (χ4n) is 1.86. The van der Waals surface area contributed by atoms with Crippen LogP contribution in [0.25, 0.3) is 0 Å². The molecule has 0 aromatic carbocycles. The lowest BCUT2D eigenvalue weighted by Crippen LogP contribution is -2.40. The lowest BCUT2D eigenvalue weighted by molar-refractivity contribution is 0.0278. The van der Waals surface area contributed by atoms with E-state index in [1.54, 1.807) is 25.4 Å². The van der Waals surface area contributed by atoms with E-state index in [0.29, 0.717) is 18.8 Å². The van der Waals surface area contributed by atoms with Gasteiger partial charge in [0.1, 0.15) is 5.60 Å². The van der Waals surface area contributed by atoms with Crippen molar-refractivity contribution >= 4 is 29.4 Å². The molecule has 1 heterocycles. The highest BCUT2D eigenvalue weighted by Gasteiger charge is 2.20. The summed E-state index contributed by atoms with van der Waals surface area (Å²) in [5, 5.41) is 5.59. The highest BCUT2D eigenvalue weighted by molar-refractivity contribution is 6.32. The standard InChI is InChI=1S/C16H25ClN4O3/c1-11(10-21(5)15(23)24-16(2,3)4)9-19-14(22)20-12-7-6-8-18-13(12)17/h6-8,11H,9-10H2,1-5H3,(H2,19,20,22). The van der Waals surface area contributed by atoms with Crippen molar-refractivity contribution in [1.29, 1.82) is 0 Å². The third-order valence-electron chi connectivity index (χ3n) is 2.91. The monoisotopic (exact) mass is 356 g/mol. The number of halogens is 1. The van der Waals surface area contributed by atoms with Gasteiger partial charge in [-0.3, -0.25) is 0 Å². The van der Waals surface area contributed by atoms with E-state index < -0.39 is 5.60 Å². The first-order chi connectivity index (χ1) is 11.1. The zero-order valence-electron chi connectivity index (χ0n) is 14.7. The molecule has 7 nitrogen and oxygen atoms in total. The molecule has 0 bridgehead atoms. The number of hydrogen-bond acceptors (Lipinski definition) is 4. The van der Waals surface area contributed by atoms with Crippen LogP contribution in [0.4, 0.5) is 15.3 Å². The van der Waals surface area contributed by atoms with E-state index in [9.17, 15) is 9.59 Å². The average Bonchev–Trinajstić information content (AvgIpc) is 2.46. The maximum Gasteiger partial charge on any atom is 0.410 e. The summed E-state index contributed by atoms with van der Waals surface area (Å²) in [6, 6.07) is 2.96. The molecular weight excluding hydrogens is 332 g/mol. The Hall–Kier alpha value is -2.02. The molecule has 24 heavy (non-hydrogen) atoms. The fourth-order valence-corrected chi connectivity index (χ4v) is 2.03. The third kappa shape index (κ3) is 7.50. The van der Waals surface area contributed by atoms with Crippen LogP contribution >= 0.6 is 11.6 Å². The van der Waals surface area contributed by atoms with Gasteiger partial charge in [-0.05, 0) is 38.8 Å². The minimum atomic E-state index is -0.532. The zero-order valence-corrected chi connectivity index (χ0v) is 15.5. The maximum atomic E-state index is 11.9. The van der Waals surface area contributed by atoms with Crippen LogP contribution in [0.5, 0.6) is 0 Å². The van der Waals surface area contributed by atoms with E-state index >= 15 is 0 Å². The molecule has 3 amide bonds. The van der Waals surface area contributed by atoms with Gasteiger partial charge in [0.05, 0.1) is 5.69 Å². The van der Waals surface area contributed by atoms with Crippen molar-refractivity contribution in [3.63, 3.8) is 0 Å². The van der Waals surface area contributed by atoms with E-state index in [0.717, 1.165) is 0 Å². The second-order valence-corrected chi connectivity index (χ2v) is 7.00. The topological polar surface area (TPSA) is 83.6 Å². The number of pyridine rings is 1. The van der Waals surface area contributed by atoms with Crippen molar-refractivity contribution in [2.45, 2.75) is 33.3 Å². The number of ether oxygens (including phenoxy) is 1. The molecule has 1 rings (SSSR count). The molecule has 1 unspecified atom stereocenters. The van der Waals surface area contributed by atoms with Gasteiger partial charge in [-0.2, -0.15) is 0 Å². The summed E-state index contributed by atoms with van der Waals surface area (Å²) in [5.41, 5.74) is -0.0920. The van der Waals surface area contributed by atoms with Gasteiger partial charge in [-0.15, -0.1) is 0 Å². The minimum Gasteiger partial charge on any atom is -0.444 e. The predicted octanol–water partition coefficient (Wildman–Crippen LogP) is 3.36. The Balaban J connectivity index is 2.37. The summed E-state index contributed by atoms with van der Waals surface area (Å²) < 4.78 is 5.28. The second-order valence-electron chi connectivity index (χ2n) is 6.64. The molecular formula is C16H25ClN4O3. The number of anilines is 1. The van der Waals surface area contributed by atoms with Crippen molar-refractivity contribution in [3.05, 3.63) is 23.5 Å². The van der Waals surface area contributed by atoms with Crippen LogP contribution in [0.15, 0.2) is 18.3 Å². The molecule has 1 aromatic rings. The van der Waals surface area contributed by atoms with Crippen LogP contribution in [-0.4, -0.2) is 47.7 Å². The maximum absolute atomic E-state index is 11.9. The van der Waals surface area contributed by atoms with Crippen LogP contribution in [-0.2, 0) is 4.74 Å². The van der Waals surface area contributed by atoms with Crippen molar-refractivity contribution in [1.82, 2.24) is 15.2 Å². The Morgan fingerprint density at radius 2 is 2.08 bits per heavy atom. The number of carbonyl (C=O) groups is 2. The summed E-state index contributed by atoms with van der Waals surface area (Å²) in [7, 11) is 1.67. The van der Waals surface area contributed by atoms with E-state index in [1.165, 1.54) is 4.90 Å². The molecule has 0 saturated carbocycles. The summed E-state index contributed by atoms with van der Waals surface area (Å²) in [5.74, 6) is 0.0534. The molecule has 0 radical (unpaired) electrons. The molecule has 0 aliphatic rings. The highest BCUT2D eigenvalue weighted by Crippen LogP contribution is 2.17. The Kier molecular flexibility index (Phi) is 7.28. The number of carbonyl (C=O) groups excluding carboxylic acids is 2. The van der Waals surface area contributed by atoms with Gasteiger partial charge in [0.15, 0.2) is 5.15 Å². The average molecular weight is 357 g/mol. The Labute approximate surface area is 147 Å². The quantitative estimate of drug-likeness (QED) is 0.792. The number of nitrogens with zero attached hydrogens (tertiary/aromatic N) is 2. The zero-order chi connectivity index (χ0) is 18.3. The number of rotatable bonds is 5. The van der Waals surface area contributed by atoms with Crippen molar-refractivity contribution in [2.24, 2.45) is 5.92 Å². The second kappa shape index (κ2) is 8.73. The Morgan fingerprint density at radius 3 is 2.67 bits per heavy atom. The molecule has 2 N–H and O–H groups in total. The van der Waals surface area contributed by atoms with E-state index in [2.05, 4.69) is 15.6 Å². The van der Waals surface area contributed by atoms with Gasteiger partial charge in [0.25, 0.3) is 0 Å². The van der Waals surface area contributed by atoms with Crippen LogP contribution in [0, 0.1) is 5.92 Å². The SMILES string of the molecule is CC(CNC(=O)Nc1cccnc1Cl)CN(C)C(=O)OC(C)(C)C. The first-order valence-corrected chi connectivity index (χ1v) is 8.06. The van der Waals surface area contributed by atoms with E-state index in [-0.39, 0.29) is 23.2 Å². The molecule has 0 spiro atoms. The van der Waals surface area contributed by atoms with Gasteiger partial charge >= 0.3 is 12.1 Å². The van der Waals surface area contributed by atoms with Gasteiger partial charge < -0.3 is 20.3 Å². The van der Waals surface area contributed by atoms with Crippen LogP contribution in [0.2, 0.25) is 5.15 Å². The molecule has 8 heteroatoms. The van der Waals surface area contributed by atoms with Gasteiger partial charge in [-0.1, -0.05) is 18.5 Å². The van der Waals surface area contributed by atoms with Gasteiger partial charge in [0.2, 0.25) is 0 Å². The fraction of sp³-hybridized carbons (Fsp3) is 0.562. The summed E-state index contributed by atoms with van der Waals surface area (Å²) in [6.07, 6.45) is 1.15. The molecule has 1 atom stereocenters. The molecule has 1 aromatic heterocycles. The number of aromatic nitrogens is 1. The van der Waals surface area contributed by atoms with Crippen LogP contribution < -0.4 is 10.6 Å². The summed E-state index contributed by atoms with van der Waals surface area (Å²) >= 11 is 5.88. The Bertz CT molecular complexity index is 575.